The standard InChI is InChI=1S/C15H16F3N3O5/c16-15(17,18)26-10-3-1-9(2-4-10)12-13(24)19-7-8-21(12)14(25)20-6-5-11(22)23/h1-4,12H,5-8H2,(H,19,24)(H,20,25)(H,22,23). The molecule has 1 heterocycles. The highest BCUT2D eigenvalue weighted by atomic mass is 19.4. The summed E-state index contributed by atoms with van der Waals surface area (Å²) in [7, 11) is 0. The maximum Gasteiger partial charge on any atom is 0.573 e. The van der Waals surface area contributed by atoms with Gasteiger partial charge in [-0.3, -0.25) is 9.59 Å². The minimum atomic E-state index is -4.83. The number of hydrogen-bond donors (Lipinski definition) is 3. The molecule has 3 amide bonds. The molecule has 1 aliphatic rings. The van der Waals surface area contributed by atoms with Gasteiger partial charge in [0.05, 0.1) is 6.42 Å². The predicted molar refractivity (Wildman–Crippen MR) is 81.2 cm³/mol. The number of halogens is 3. The number of hydrogen-bond acceptors (Lipinski definition) is 4. The first-order valence-corrected chi connectivity index (χ1v) is 7.57. The summed E-state index contributed by atoms with van der Waals surface area (Å²) in [5.74, 6) is -2.03. The quantitative estimate of drug-likeness (QED) is 0.718. The normalized spacial score (nSPS) is 17.4. The van der Waals surface area contributed by atoms with Crippen LogP contribution in [0.2, 0.25) is 0 Å². The number of carboxylic acid groups (broad SMARTS) is 1. The number of amides is 3. The molecule has 142 valence electrons. The number of alkyl halides is 3. The number of urea groups is 1. The van der Waals surface area contributed by atoms with Crippen LogP contribution in [-0.4, -0.2) is 53.9 Å². The molecule has 2 rings (SSSR count). The molecular weight excluding hydrogens is 359 g/mol. The summed E-state index contributed by atoms with van der Waals surface area (Å²) >= 11 is 0. The Morgan fingerprint density at radius 2 is 1.96 bits per heavy atom. The second kappa shape index (κ2) is 7.93. The van der Waals surface area contributed by atoms with Crippen LogP contribution in [0.5, 0.6) is 5.75 Å². The SMILES string of the molecule is O=C(O)CCNC(=O)N1CCNC(=O)C1c1ccc(OC(F)(F)F)cc1. The van der Waals surface area contributed by atoms with E-state index in [9.17, 15) is 27.6 Å². The Hall–Kier alpha value is -2.98. The van der Waals surface area contributed by atoms with E-state index in [1.165, 1.54) is 17.0 Å². The molecule has 0 bridgehead atoms. The van der Waals surface area contributed by atoms with Crippen molar-refractivity contribution in [2.24, 2.45) is 0 Å². The van der Waals surface area contributed by atoms with Gasteiger partial charge in [0, 0.05) is 19.6 Å². The maximum atomic E-state index is 12.2. The lowest BCUT2D eigenvalue weighted by atomic mass is 10.0. The fourth-order valence-corrected chi connectivity index (χ4v) is 2.45. The molecule has 0 radical (unpaired) electrons. The number of carboxylic acids is 1. The van der Waals surface area contributed by atoms with Gasteiger partial charge in [0.1, 0.15) is 11.8 Å². The smallest absolute Gasteiger partial charge is 0.481 e. The third-order valence-corrected chi connectivity index (χ3v) is 3.52. The first kappa shape index (κ1) is 19.3. The molecule has 11 heteroatoms. The summed E-state index contributed by atoms with van der Waals surface area (Å²) in [6, 6.07) is 2.92. The van der Waals surface area contributed by atoms with Crippen LogP contribution in [0.15, 0.2) is 24.3 Å². The van der Waals surface area contributed by atoms with E-state index in [1.54, 1.807) is 0 Å². The number of nitrogens with one attached hydrogen (secondary N) is 2. The van der Waals surface area contributed by atoms with Crippen LogP contribution in [0.4, 0.5) is 18.0 Å². The number of carbonyl (C=O) groups is 3. The van der Waals surface area contributed by atoms with Crippen molar-refractivity contribution in [2.75, 3.05) is 19.6 Å². The minimum Gasteiger partial charge on any atom is -0.481 e. The van der Waals surface area contributed by atoms with Gasteiger partial charge in [-0.25, -0.2) is 4.79 Å². The summed E-state index contributed by atoms with van der Waals surface area (Å²) in [6.45, 7) is 0.254. The fraction of sp³-hybridized carbons (Fsp3) is 0.400. The van der Waals surface area contributed by atoms with Gasteiger partial charge in [-0.05, 0) is 17.7 Å². The summed E-state index contributed by atoms with van der Waals surface area (Å²) in [4.78, 5) is 36.1. The van der Waals surface area contributed by atoms with Crippen molar-refractivity contribution in [2.45, 2.75) is 18.8 Å². The number of rotatable bonds is 5. The average molecular weight is 375 g/mol. The molecule has 3 N–H and O–H groups in total. The van der Waals surface area contributed by atoms with Crippen molar-refractivity contribution in [3.8, 4) is 5.75 Å². The number of aliphatic carboxylic acids is 1. The van der Waals surface area contributed by atoms with Gasteiger partial charge in [0.2, 0.25) is 5.91 Å². The molecule has 1 atom stereocenters. The molecule has 1 unspecified atom stereocenters. The topological polar surface area (TPSA) is 108 Å². The molecule has 1 fully saturated rings. The van der Waals surface area contributed by atoms with E-state index in [2.05, 4.69) is 15.4 Å². The maximum absolute atomic E-state index is 12.2. The van der Waals surface area contributed by atoms with E-state index in [4.69, 9.17) is 5.11 Å². The number of piperazine rings is 1. The predicted octanol–water partition coefficient (Wildman–Crippen LogP) is 1.24. The monoisotopic (exact) mass is 375 g/mol. The zero-order valence-corrected chi connectivity index (χ0v) is 13.4. The third kappa shape index (κ3) is 5.26. The molecule has 1 saturated heterocycles. The zero-order valence-electron chi connectivity index (χ0n) is 13.4. The largest absolute Gasteiger partial charge is 0.573 e. The Morgan fingerprint density at radius 3 is 2.54 bits per heavy atom. The number of benzene rings is 1. The number of nitrogens with zero attached hydrogens (tertiary/aromatic N) is 1. The first-order chi connectivity index (χ1) is 12.2. The van der Waals surface area contributed by atoms with Crippen molar-refractivity contribution < 1.29 is 37.4 Å². The highest BCUT2D eigenvalue weighted by Gasteiger charge is 2.35. The highest BCUT2D eigenvalue weighted by molar-refractivity contribution is 5.89. The van der Waals surface area contributed by atoms with Crippen LogP contribution in [0.25, 0.3) is 0 Å². The second-order valence-electron chi connectivity index (χ2n) is 5.38. The van der Waals surface area contributed by atoms with Gasteiger partial charge in [0.25, 0.3) is 0 Å². The molecule has 0 saturated carbocycles. The minimum absolute atomic E-state index is 0.114. The van der Waals surface area contributed by atoms with E-state index in [-0.39, 0.29) is 26.1 Å². The molecular formula is C15H16F3N3O5. The lowest BCUT2D eigenvalue weighted by molar-refractivity contribution is -0.274. The van der Waals surface area contributed by atoms with Crippen LogP contribution in [0.3, 0.4) is 0 Å². The Morgan fingerprint density at radius 1 is 1.31 bits per heavy atom. The summed E-state index contributed by atoms with van der Waals surface area (Å²) < 4.78 is 40.4. The average Bonchev–Trinajstić information content (AvgIpc) is 2.53. The third-order valence-electron chi connectivity index (χ3n) is 3.52. The van der Waals surface area contributed by atoms with Crippen molar-refractivity contribution in [3.05, 3.63) is 29.8 Å². The lowest BCUT2D eigenvalue weighted by Crippen LogP contribution is -2.55. The van der Waals surface area contributed by atoms with E-state index in [0.29, 0.717) is 5.56 Å². The van der Waals surface area contributed by atoms with Gasteiger partial charge in [-0.1, -0.05) is 12.1 Å². The van der Waals surface area contributed by atoms with Gasteiger partial charge >= 0.3 is 18.4 Å². The van der Waals surface area contributed by atoms with Gasteiger partial charge in [0.15, 0.2) is 0 Å². The summed E-state index contributed by atoms with van der Waals surface area (Å²) in [6.07, 6.45) is -5.11. The molecule has 0 aliphatic carbocycles. The van der Waals surface area contributed by atoms with Crippen LogP contribution in [-0.2, 0) is 9.59 Å². The van der Waals surface area contributed by atoms with E-state index >= 15 is 0 Å². The number of ether oxygens (including phenoxy) is 1. The van der Waals surface area contributed by atoms with Gasteiger partial charge in [-0.2, -0.15) is 0 Å². The Kier molecular flexibility index (Phi) is 5.90. The Bertz CT molecular complexity index is 678. The molecule has 8 nitrogen and oxygen atoms in total. The van der Waals surface area contributed by atoms with E-state index in [0.717, 1.165) is 12.1 Å². The summed E-state index contributed by atoms with van der Waals surface area (Å²) in [5, 5.41) is 13.6. The van der Waals surface area contributed by atoms with Crippen molar-refractivity contribution in [1.29, 1.82) is 0 Å². The number of carbonyl (C=O) groups excluding carboxylic acids is 2. The van der Waals surface area contributed by atoms with Gasteiger partial charge < -0.3 is 25.4 Å². The van der Waals surface area contributed by atoms with Crippen molar-refractivity contribution in [1.82, 2.24) is 15.5 Å². The van der Waals surface area contributed by atoms with E-state index in [1.807, 2.05) is 0 Å². The first-order valence-electron chi connectivity index (χ1n) is 7.57. The Balaban J connectivity index is 2.13. The van der Waals surface area contributed by atoms with Crippen LogP contribution in [0.1, 0.15) is 18.0 Å². The Labute approximate surface area is 145 Å². The molecule has 1 aliphatic heterocycles. The van der Waals surface area contributed by atoms with E-state index < -0.39 is 36.1 Å². The van der Waals surface area contributed by atoms with Crippen LogP contribution < -0.4 is 15.4 Å². The van der Waals surface area contributed by atoms with Crippen molar-refractivity contribution >= 4 is 17.9 Å². The lowest BCUT2D eigenvalue weighted by Gasteiger charge is -2.35. The second-order valence-corrected chi connectivity index (χ2v) is 5.38. The zero-order chi connectivity index (χ0) is 19.3. The molecule has 0 aromatic heterocycles. The molecule has 1 aromatic carbocycles. The van der Waals surface area contributed by atoms with Gasteiger partial charge in [-0.15, -0.1) is 13.2 Å². The van der Waals surface area contributed by atoms with Crippen LogP contribution >= 0.6 is 0 Å². The molecule has 1 aromatic rings. The highest BCUT2D eigenvalue weighted by Crippen LogP contribution is 2.27. The van der Waals surface area contributed by atoms with Crippen molar-refractivity contribution in [3.63, 3.8) is 0 Å². The fourth-order valence-electron chi connectivity index (χ4n) is 2.45. The summed E-state index contributed by atoms with van der Waals surface area (Å²) in [5.41, 5.74) is 0.296. The molecule has 26 heavy (non-hydrogen) atoms. The van der Waals surface area contributed by atoms with Crippen LogP contribution in [0, 0.1) is 0 Å². The molecule has 0 spiro atoms.